The monoisotopic (exact) mass is 389 g/mol. The molecule has 0 radical (unpaired) electrons. The van der Waals surface area contributed by atoms with Crippen LogP contribution in [0.15, 0.2) is 30.3 Å². The largest absolute Gasteiger partial charge is 0.390 e. The molecule has 1 unspecified atom stereocenters. The van der Waals surface area contributed by atoms with Crippen molar-refractivity contribution in [3.05, 3.63) is 57.5 Å². The predicted molar refractivity (Wildman–Crippen MR) is 101 cm³/mol. The molecule has 1 aliphatic rings. The Kier molecular flexibility index (Phi) is 6.03. The van der Waals surface area contributed by atoms with Crippen LogP contribution in [0.2, 0.25) is 0 Å². The highest BCUT2D eigenvalue weighted by molar-refractivity contribution is 5.78. The van der Waals surface area contributed by atoms with Gasteiger partial charge in [0, 0.05) is 32.7 Å². The minimum Gasteiger partial charge on any atom is -0.358 e. The molecule has 2 heterocycles. The number of halogens is 1. The number of carbonyl (C=O) groups is 1. The lowest BCUT2D eigenvalue weighted by molar-refractivity contribution is -0.389. The third-order valence-electron chi connectivity index (χ3n) is 5.00. The summed E-state index contributed by atoms with van der Waals surface area (Å²) < 4.78 is 14.8. The van der Waals surface area contributed by atoms with E-state index >= 15 is 0 Å². The number of hydrogen-bond acceptors (Lipinski definition) is 5. The summed E-state index contributed by atoms with van der Waals surface area (Å²) in [6.45, 7) is 7.18. The van der Waals surface area contributed by atoms with Crippen LogP contribution in [0.1, 0.15) is 18.2 Å². The number of carbonyl (C=O) groups excluding carboxylic acids is 1. The van der Waals surface area contributed by atoms with E-state index in [0.717, 1.165) is 18.7 Å². The molecule has 9 heteroatoms. The van der Waals surface area contributed by atoms with E-state index in [1.807, 2.05) is 17.9 Å². The van der Waals surface area contributed by atoms with E-state index in [9.17, 15) is 19.3 Å². The molecule has 1 aromatic carbocycles. The number of hydrogen-bond donors (Lipinski definition) is 0. The Balaban J connectivity index is 1.52. The molecule has 3 rings (SSSR count). The molecule has 28 heavy (non-hydrogen) atoms. The fourth-order valence-corrected chi connectivity index (χ4v) is 3.44. The number of nitro groups is 1. The summed E-state index contributed by atoms with van der Waals surface area (Å²) in [4.78, 5) is 27.1. The molecule has 0 saturated carbocycles. The van der Waals surface area contributed by atoms with Crippen LogP contribution in [0.4, 0.5) is 10.2 Å². The molecule has 1 aliphatic heterocycles. The van der Waals surface area contributed by atoms with Gasteiger partial charge in [-0.1, -0.05) is 19.1 Å². The lowest BCUT2D eigenvalue weighted by Gasteiger charge is -2.36. The van der Waals surface area contributed by atoms with Crippen LogP contribution in [0.3, 0.4) is 0 Å². The quantitative estimate of drug-likeness (QED) is 0.559. The summed E-state index contributed by atoms with van der Waals surface area (Å²) in [7, 11) is 0. The van der Waals surface area contributed by atoms with Gasteiger partial charge in [0.2, 0.25) is 5.91 Å². The lowest BCUT2D eigenvalue weighted by Crippen LogP contribution is -2.50. The van der Waals surface area contributed by atoms with Gasteiger partial charge < -0.3 is 15.0 Å². The molecule has 1 fully saturated rings. The number of rotatable bonds is 6. The zero-order valence-corrected chi connectivity index (χ0v) is 16.0. The Morgan fingerprint density at radius 1 is 1.29 bits per heavy atom. The molecular formula is C19H24FN5O3. The zero-order chi connectivity index (χ0) is 20.3. The first-order valence-corrected chi connectivity index (χ1v) is 9.28. The van der Waals surface area contributed by atoms with Crippen molar-refractivity contribution in [3.63, 3.8) is 0 Å². The first-order valence-electron chi connectivity index (χ1n) is 9.28. The molecule has 1 atom stereocenters. The van der Waals surface area contributed by atoms with Gasteiger partial charge in [-0.2, -0.15) is 4.68 Å². The van der Waals surface area contributed by atoms with Gasteiger partial charge in [-0.15, -0.1) is 0 Å². The second-order valence-corrected chi connectivity index (χ2v) is 7.22. The van der Waals surface area contributed by atoms with Crippen molar-refractivity contribution in [2.24, 2.45) is 5.92 Å². The van der Waals surface area contributed by atoms with E-state index in [-0.39, 0.29) is 23.5 Å². The van der Waals surface area contributed by atoms with Gasteiger partial charge in [0.05, 0.1) is 29.3 Å². The third-order valence-corrected chi connectivity index (χ3v) is 5.00. The van der Waals surface area contributed by atoms with Gasteiger partial charge in [-0.3, -0.25) is 9.69 Å². The number of benzene rings is 1. The van der Waals surface area contributed by atoms with Crippen LogP contribution >= 0.6 is 0 Å². The van der Waals surface area contributed by atoms with Crippen molar-refractivity contribution in [3.8, 4) is 0 Å². The van der Waals surface area contributed by atoms with Crippen LogP contribution in [-0.2, 0) is 17.9 Å². The van der Waals surface area contributed by atoms with E-state index in [4.69, 9.17) is 0 Å². The average Bonchev–Trinajstić information content (AvgIpc) is 3.02. The highest BCUT2D eigenvalue weighted by Crippen LogP contribution is 2.16. The number of amides is 1. The molecule has 1 aromatic heterocycles. The molecule has 0 aliphatic carbocycles. The van der Waals surface area contributed by atoms with Gasteiger partial charge in [-0.05, 0) is 29.5 Å². The summed E-state index contributed by atoms with van der Waals surface area (Å²) in [5.74, 6) is -0.756. The molecule has 0 N–H and O–H groups in total. The second kappa shape index (κ2) is 8.47. The fourth-order valence-electron chi connectivity index (χ4n) is 3.44. The van der Waals surface area contributed by atoms with Crippen molar-refractivity contribution in [1.29, 1.82) is 0 Å². The van der Waals surface area contributed by atoms with Crippen LogP contribution in [0, 0.1) is 28.8 Å². The molecule has 0 bridgehead atoms. The zero-order valence-electron chi connectivity index (χ0n) is 16.0. The highest BCUT2D eigenvalue weighted by atomic mass is 19.1. The Hall–Kier alpha value is -2.81. The predicted octanol–water partition coefficient (Wildman–Crippen LogP) is 2.22. The molecule has 8 nitrogen and oxygen atoms in total. The van der Waals surface area contributed by atoms with Gasteiger partial charge >= 0.3 is 5.82 Å². The Morgan fingerprint density at radius 3 is 2.61 bits per heavy atom. The first kappa shape index (κ1) is 19.9. The third kappa shape index (κ3) is 4.72. The summed E-state index contributed by atoms with van der Waals surface area (Å²) in [6, 6.07) is 7.97. The number of piperazine rings is 1. The average molecular weight is 389 g/mol. The molecule has 150 valence electrons. The molecule has 2 aromatic rings. The van der Waals surface area contributed by atoms with Crippen molar-refractivity contribution in [2.75, 3.05) is 26.2 Å². The van der Waals surface area contributed by atoms with Crippen molar-refractivity contribution >= 4 is 11.7 Å². The normalized spacial score (nSPS) is 16.2. The number of nitrogens with zero attached hydrogens (tertiary/aromatic N) is 5. The maximum absolute atomic E-state index is 13.3. The van der Waals surface area contributed by atoms with Gasteiger partial charge in [0.1, 0.15) is 5.82 Å². The van der Waals surface area contributed by atoms with E-state index in [1.165, 1.54) is 22.9 Å². The minimum absolute atomic E-state index is 0.0166. The number of aryl methyl sites for hydroxylation is 1. The molecular weight excluding hydrogens is 365 g/mol. The minimum atomic E-state index is -0.534. The van der Waals surface area contributed by atoms with E-state index in [2.05, 4.69) is 10.00 Å². The topological polar surface area (TPSA) is 84.5 Å². The number of aromatic nitrogens is 2. The maximum atomic E-state index is 13.3. The Labute approximate surface area is 162 Å². The van der Waals surface area contributed by atoms with E-state index < -0.39 is 4.92 Å². The summed E-state index contributed by atoms with van der Waals surface area (Å²) in [5.41, 5.74) is 1.58. The van der Waals surface area contributed by atoms with Gasteiger partial charge in [0.15, 0.2) is 0 Å². The molecule has 1 saturated heterocycles. The van der Waals surface area contributed by atoms with Crippen molar-refractivity contribution in [2.45, 2.75) is 26.9 Å². The van der Waals surface area contributed by atoms with Crippen molar-refractivity contribution < 1.29 is 14.1 Å². The SMILES string of the molecule is Cc1cc([N+](=O)[O-])nn1CC(C)C(=O)N1CCN(Cc2cccc(F)c2)CC1. The summed E-state index contributed by atoms with van der Waals surface area (Å²) >= 11 is 0. The van der Waals surface area contributed by atoms with Gasteiger partial charge in [-0.25, -0.2) is 4.39 Å². The van der Waals surface area contributed by atoms with Gasteiger partial charge in [0.25, 0.3) is 0 Å². The first-order chi connectivity index (χ1) is 13.3. The highest BCUT2D eigenvalue weighted by Gasteiger charge is 2.27. The van der Waals surface area contributed by atoms with Crippen LogP contribution in [-0.4, -0.2) is 56.6 Å². The molecule has 0 spiro atoms. The lowest BCUT2D eigenvalue weighted by atomic mass is 10.1. The standard InChI is InChI=1S/C19H24FN5O3/c1-14(12-24-15(2)10-18(21-24)25(27)28)19(26)23-8-6-22(7-9-23)13-16-4-3-5-17(20)11-16/h3-5,10-11,14H,6-9,12-13H2,1-2H3. The van der Waals surface area contributed by atoms with E-state index in [1.54, 1.807) is 13.0 Å². The van der Waals surface area contributed by atoms with Crippen LogP contribution in [0.25, 0.3) is 0 Å². The van der Waals surface area contributed by atoms with Crippen LogP contribution in [0.5, 0.6) is 0 Å². The Bertz CT molecular complexity index is 861. The Morgan fingerprint density at radius 2 is 2.00 bits per heavy atom. The fraction of sp³-hybridized carbons (Fsp3) is 0.474. The van der Waals surface area contributed by atoms with Crippen LogP contribution < -0.4 is 0 Å². The summed E-state index contributed by atoms with van der Waals surface area (Å²) in [6.07, 6.45) is 0. The molecule has 1 amide bonds. The maximum Gasteiger partial charge on any atom is 0.390 e. The smallest absolute Gasteiger partial charge is 0.358 e. The summed E-state index contributed by atoms with van der Waals surface area (Å²) in [5, 5.41) is 14.8. The van der Waals surface area contributed by atoms with Crippen molar-refractivity contribution in [1.82, 2.24) is 19.6 Å². The second-order valence-electron chi connectivity index (χ2n) is 7.22. The van der Waals surface area contributed by atoms with E-state index in [0.29, 0.717) is 31.9 Å².